The quantitative estimate of drug-likeness (QED) is 0.809. The standard InChI is InChI=1S/C16H25NO/c1-12(2)13-4-6-14(7-5-13)15(18)10-17-11-16(3)8-9-16/h4-7,12,15,17-18H,8-11H2,1-3H3. The molecule has 0 amide bonds. The topological polar surface area (TPSA) is 32.3 Å². The molecule has 1 aromatic rings. The first-order valence-corrected chi connectivity index (χ1v) is 6.99. The van der Waals surface area contributed by atoms with Crippen LogP contribution in [0.5, 0.6) is 0 Å². The van der Waals surface area contributed by atoms with Crippen LogP contribution in [0.1, 0.15) is 56.8 Å². The molecular formula is C16H25NO. The van der Waals surface area contributed by atoms with Crippen LogP contribution in [-0.2, 0) is 0 Å². The van der Waals surface area contributed by atoms with Crippen molar-refractivity contribution >= 4 is 0 Å². The van der Waals surface area contributed by atoms with Crippen molar-refractivity contribution in [1.29, 1.82) is 0 Å². The molecule has 1 saturated carbocycles. The van der Waals surface area contributed by atoms with Gasteiger partial charge in [-0.25, -0.2) is 0 Å². The zero-order valence-electron chi connectivity index (χ0n) is 11.7. The van der Waals surface area contributed by atoms with Crippen molar-refractivity contribution in [3.63, 3.8) is 0 Å². The van der Waals surface area contributed by atoms with Gasteiger partial charge in [0.25, 0.3) is 0 Å². The van der Waals surface area contributed by atoms with Crippen LogP contribution < -0.4 is 5.32 Å². The highest BCUT2D eigenvalue weighted by Gasteiger charge is 2.36. The first kappa shape index (κ1) is 13.6. The molecule has 2 rings (SSSR count). The predicted octanol–water partition coefficient (Wildman–Crippen LogP) is 3.23. The Morgan fingerprint density at radius 3 is 2.22 bits per heavy atom. The molecular weight excluding hydrogens is 222 g/mol. The number of benzene rings is 1. The van der Waals surface area contributed by atoms with Gasteiger partial charge in [-0.1, -0.05) is 45.0 Å². The molecule has 1 unspecified atom stereocenters. The van der Waals surface area contributed by atoms with E-state index in [0.717, 1.165) is 12.1 Å². The van der Waals surface area contributed by atoms with Crippen LogP contribution in [0.25, 0.3) is 0 Å². The van der Waals surface area contributed by atoms with E-state index in [1.165, 1.54) is 18.4 Å². The Hall–Kier alpha value is -0.860. The smallest absolute Gasteiger partial charge is 0.0914 e. The molecule has 0 heterocycles. The van der Waals surface area contributed by atoms with Crippen molar-refractivity contribution in [2.24, 2.45) is 5.41 Å². The summed E-state index contributed by atoms with van der Waals surface area (Å²) in [6, 6.07) is 8.32. The van der Waals surface area contributed by atoms with Gasteiger partial charge in [0.05, 0.1) is 6.10 Å². The van der Waals surface area contributed by atoms with Crippen molar-refractivity contribution in [3.05, 3.63) is 35.4 Å². The lowest BCUT2D eigenvalue weighted by atomic mass is 10.00. The van der Waals surface area contributed by atoms with Gasteiger partial charge in [0, 0.05) is 13.1 Å². The van der Waals surface area contributed by atoms with Crippen LogP contribution in [0.15, 0.2) is 24.3 Å². The van der Waals surface area contributed by atoms with Gasteiger partial charge >= 0.3 is 0 Å². The fraction of sp³-hybridized carbons (Fsp3) is 0.625. The second-order valence-corrected chi connectivity index (χ2v) is 6.28. The molecule has 0 aliphatic heterocycles. The van der Waals surface area contributed by atoms with E-state index in [4.69, 9.17) is 0 Å². The summed E-state index contributed by atoms with van der Waals surface area (Å²) in [4.78, 5) is 0. The maximum absolute atomic E-state index is 10.1. The summed E-state index contributed by atoms with van der Waals surface area (Å²) in [5.41, 5.74) is 2.83. The molecule has 100 valence electrons. The second-order valence-electron chi connectivity index (χ2n) is 6.28. The third-order valence-corrected chi connectivity index (χ3v) is 3.98. The molecule has 0 bridgehead atoms. The number of hydrogen-bond donors (Lipinski definition) is 2. The second kappa shape index (κ2) is 5.41. The lowest BCUT2D eigenvalue weighted by molar-refractivity contribution is 0.172. The molecule has 18 heavy (non-hydrogen) atoms. The number of aliphatic hydroxyl groups is 1. The largest absolute Gasteiger partial charge is 0.387 e. The van der Waals surface area contributed by atoms with Crippen LogP contribution in [0.3, 0.4) is 0 Å². The van der Waals surface area contributed by atoms with E-state index in [1.807, 2.05) is 12.1 Å². The molecule has 1 aliphatic carbocycles. The number of aliphatic hydroxyl groups excluding tert-OH is 1. The molecule has 2 nitrogen and oxygen atoms in total. The normalized spacial score (nSPS) is 18.9. The maximum atomic E-state index is 10.1. The zero-order chi connectivity index (χ0) is 13.2. The van der Waals surface area contributed by atoms with Crippen molar-refractivity contribution in [1.82, 2.24) is 5.32 Å². The van der Waals surface area contributed by atoms with Gasteiger partial charge in [0.2, 0.25) is 0 Å². The monoisotopic (exact) mass is 247 g/mol. The van der Waals surface area contributed by atoms with E-state index in [9.17, 15) is 5.11 Å². The van der Waals surface area contributed by atoms with E-state index in [1.54, 1.807) is 0 Å². The summed E-state index contributed by atoms with van der Waals surface area (Å²) < 4.78 is 0. The summed E-state index contributed by atoms with van der Waals surface area (Å²) in [5.74, 6) is 0.545. The predicted molar refractivity (Wildman–Crippen MR) is 75.7 cm³/mol. The molecule has 1 aromatic carbocycles. The molecule has 0 saturated heterocycles. The molecule has 0 radical (unpaired) electrons. The number of hydrogen-bond acceptors (Lipinski definition) is 2. The van der Waals surface area contributed by atoms with E-state index in [0.29, 0.717) is 17.9 Å². The molecule has 0 aromatic heterocycles. The lowest BCUT2D eigenvalue weighted by Gasteiger charge is -2.15. The van der Waals surface area contributed by atoms with Crippen LogP contribution in [0, 0.1) is 5.41 Å². The molecule has 1 atom stereocenters. The first-order chi connectivity index (χ1) is 8.50. The van der Waals surface area contributed by atoms with E-state index in [2.05, 4.69) is 38.2 Å². The van der Waals surface area contributed by atoms with Gasteiger partial charge in [0.1, 0.15) is 0 Å². The Kier molecular flexibility index (Phi) is 4.08. The van der Waals surface area contributed by atoms with E-state index < -0.39 is 6.10 Å². The van der Waals surface area contributed by atoms with Crippen LogP contribution >= 0.6 is 0 Å². The third kappa shape index (κ3) is 3.56. The van der Waals surface area contributed by atoms with Gasteiger partial charge in [-0.3, -0.25) is 0 Å². The van der Waals surface area contributed by atoms with Crippen molar-refractivity contribution in [3.8, 4) is 0 Å². The van der Waals surface area contributed by atoms with E-state index >= 15 is 0 Å². The van der Waals surface area contributed by atoms with Crippen LogP contribution in [-0.4, -0.2) is 18.2 Å². The Morgan fingerprint density at radius 2 is 1.72 bits per heavy atom. The van der Waals surface area contributed by atoms with Crippen LogP contribution in [0.2, 0.25) is 0 Å². The van der Waals surface area contributed by atoms with Gasteiger partial charge < -0.3 is 10.4 Å². The Bertz CT molecular complexity index is 379. The van der Waals surface area contributed by atoms with Gasteiger partial charge in [-0.15, -0.1) is 0 Å². The molecule has 1 aliphatic rings. The average Bonchev–Trinajstić information content (AvgIpc) is 3.07. The average molecular weight is 247 g/mol. The number of rotatable bonds is 6. The fourth-order valence-electron chi connectivity index (χ4n) is 2.12. The van der Waals surface area contributed by atoms with Gasteiger partial charge in [-0.05, 0) is 35.3 Å². The fourth-order valence-corrected chi connectivity index (χ4v) is 2.12. The van der Waals surface area contributed by atoms with Crippen molar-refractivity contribution < 1.29 is 5.11 Å². The molecule has 2 heteroatoms. The molecule has 1 fully saturated rings. The highest BCUT2D eigenvalue weighted by atomic mass is 16.3. The highest BCUT2D eigenvalue weighted by molar-refractivity contribution is 5.26. The maximum Gasteiger partial charge on any atom is 0.0914 e. The summed E-state index contributed by atoms with van der Waals surface area (Å²) in [7, 11) is 0. The summed E-state index contributed by atoms with van der Waals surface area (Å²) in [6.07, 6.45) is 2.24. The Labute approximate surface area is 110 Å². The Morgan fingerprint density at radius 1 is 1.17 bits per heavy atom. The SMILES string of the molecule is CC(C)c1ccc(C(O)CNCC2(C)CC2)cc1. The minimum Gasteiger partial charge on any atom is -0.387 e. The third-order valence-electron chi connectivity index (χ3n) is 3.98. The van der Waals surface area contributed by atoms with E-state index in [-0.39, 0.29) is 0 Å². The molecule has 0 spiro atoms. The van der Waals surface area contributed by atoms with Gasteiger partial charge in [0.15, 0.2) is 0 Å². The molecule has 2 N–H and O–H groups in total. The number of nitrogens with one attached hydrogen (secondary N) is 1. The summed E-state index contributed by atoms with van der Waals surface area (Å²) in [5, 5.41) is 13.5. The minimum absolute atomic E-state index is 0.395. The van der Waals surface area contributed by atoms with Crippen LogP contribution in [0.4, 0.5) is 0 Å². The summed E-state index contributed by atoms with van der Waals surface area (Å²) >= 11 is 0. The van der Waals surface area contributed by atoms with Crippen molar-refractivity contribution in [2.45, 2.75) is 45.6 Å². The van der Waals surface area contributed by atoms with Gasteiger partial charge in [-0.2, -0.15) is 0 Å². The zero-order valence-corrected chi connectivity index (χ0v) is 11.7. The highest BCUT2D eigenvalue weighted by Crippen LogP contribution is 2.44. The lowest BCUT2D eigenvalue weighted by Crippen LogP contribution is -2.27. The Balaban J connectivity index is 1.82. The minimum atomic E-state index is -0.395. The first-order valence-electron chi connectivity index (χ1n) is 6.99. The van der Waals surface area contributed by atoms with Crippen molar-refractivity contribution in [2.75, 3.05) is 13.1 Å². The summed E-state index contributed by atoms with van der Waals surface area (Å²) in [6.45, 7) is 8.33.